The van der Waals surface area contributed by atoms with Gasteiger partial charge in [0.25, 0.3) is 5.56 Å². The Morgan fingerprint density at radius 2 is 2.10 bits per heavy atom. The zero-order chi connectivity index (χ0) is 14.7. The average molecular weight is 290 g/mol. The molecule has 2 fully saturated rings. The summed E-state index contributed by atoms with van der Waals surface area (Å²) >= 11 is 0. The quantitative estimate of drug-likeness (QED) is 0.872. The maximum absolute atomic E-state index is 12.3. The number of hydrogen-bond acceptors (Lipinski definition) is 4. The van der Waals surface area contributed by atoms with Crippen molar-refractivity contribution in [3.05, 3.63) is 22.7 Å². The second kappa shape index (κ2) is 6.60. The van der Waals surface area contributed by atoms with E-state index in [2.05, 4.69) is 22.1 Å². The molecule has 1 unspecified atom stereocenters. The van der Waals surface area contributed by atoms with Gasteiger partial charge in [-0.05, 0) is 44.7 Å². The number of nitrogens with zero attached hydrogens (tertiary/aromatic N) is 3. The number of likely N-dealkylation sites (tertiary alicyclic amines) is 1. The van der Waals surface area contributed by atoms with Gasteiger partial charge in [0, 0.05) is 31.5 Å². The van der Waals surface area contributed by atoms with Crippen molar-refractivity contribution in [2.75, 3.05) is 31.5 Å². The van der Waals surface area contributed by atoms with Crippen LogP contribution >= 0.6 is 0 Å². The molecule has 3 rings (SSSR count). The Bertz CT molecular complexity index is 517. The predicted molar refractivity (Wildman–Crippen MR) is 84.7 cm³/mol. The highest BCUT2D eigenvalue weighted by atomic mass is 16.1. The van der Waals surface area contributed by atoms with E-state index >= 15 is 0 Å². The van der Waals surface area contributed by atoms with Crippen LogP contribution in [0.1, 0.15) is 45.1 Å². The molecule has 1 aliphatic carbocycles. The van der Waals surface area contributed by atoms with Gasteiger partial charge in [0.15, 0.2) is 5.82 Å². The van der Waals surface area contributed by atoms with Gasteiger partial charge in [-0.1, -0.05) is 13.3 Å². The summed E-state index contributed by atoms with van der Waals surface area (Å²) in [5.41, 5.74) is 0.0326. The van der Waals surface area contributed by atoms with Crippen molar-refractivity contribution < 1.29 is 0 Å². The molecule has 1 aromatic heterocycles. The third kappa shape index (κ3) is 3.84. The Labute approximate surface area is 126 Å². The molecule has 0 bridgehead atoms. The summed E-state index contributed by atoms with van der Waals surface area (Å²) in [6, 6.07) is 0.409. The van der Waals surface area contributed by atoms with E-state index in [-0.39, 0.29) is 5.56 Å². The molecule has 5 heteroatoms. The highest BCUT2D eigenvalue weighted by molar-refractivity contribution is 5.31. The van der Waals surface area contributed by atoms with Gasteiger partial charge in [-0.25, -0.2) is 4.98 Å². The van der Waals surface area contributed by atoms with E-state index < -0.39 is 0 Å². The molecule has 116 valence electrons. The van der Waals surface area contributed by atoms with Gasteiger partial charge in [0.1, 0.15) is 0 Å². The Kier molecular flexibility index (Phi) is 4.58. The fraction of sp³-hybridized carbons (Fsp3) is 0.750. The minimum absolute atomic E-state index is 0.0326. The van der Waals surface area contributed by atoms with E-state index in [0.717, 1.165) is 25.9 Å². The van der Waals surface area contributed by atoms with Crippen LogP contribution < -0.4 is 10.9 Å². The standard InChI is InChI=1S/C16H26N4O/c1-13(12-19-8-3-2-4-9-19)11-18-15-16(21)20(10-7-17-15)14-5-6-14/h7,10,13-14H,2-6,8-9,11-12H2,1H3,(H,17,18). The first kappa shape index (κ1) is 14.6. The lowest BCUT2D eigenvalue weighted by atomic mass is 10.1. The zero-order valence-corrected chi connectivity index (χ0v) is 12.9. The molecule has 0 radical (unpaired) electrons. The fourth-order valence-corrected chi connectivity index (χ4v) is 3.10. The number of hydrogen-bond donors (Lipinski definition) is 1. The van der Waals surface area contributed by atoms with E-state index in [9.17, 15) is 4.79 Å². The van der Waals surface area contributed by atoms with Gasteiger partial charge in [0.2, 0.25) is 0 Å². The molecule has 1 aromatic rings. The van der Waals surface area contributed by atoms with E-state index in [1.54, 1.807) is 6.20 Å². The highest BCUT2D eigenvalue weighted by Gasteiger charge is 2.25. The van der Waals surface area contributed by atoms with Crippen LogP contribution in [0, 0.1) is 5.92 Å². The molecule has 2 aliphatic rings. The fourth-order valence-electron chi connectivity index (χ4n) is 3.10. The Balaban J connectivity index is 1.52. The van der Waals surface area contributed by atoms with Crippen molar-refractivity contribution in [2.45, 2.75) is 45.1 Å². The van der Waals surface area contributed by atoms with Crippen LogP contribution in [-0.2, 0) is 0 Å². The van der Waals surface area contributed by atoms with Crippen molar-refractivity contribution >= 4 is 5.82 Å². The molecular formula is C16H26N4O. The van der Waals surface area contributed by atoms with Gasteiger partial charge in [-0.2, -0.15) is 0 Å². The molecule has 2 heterocycles. The Morgan fingerprint density at radius 1 is 1.33 bits per heavy atom. The van der Waals surface area contributed by atoms with Gasteiger partial charge in [0.05, 0.1) is 0 Å². The van der Waals surface area contributed by atoms with E-state index in [1.165, 1.54) is 32.4 Å². The number of rotatable bonds is 6. The lowest BCUT2D eigenvalue weighted by Gasteiger charge is -2.29. The normalized spacial score (nSPS) is 21.2. The molecule has 1 saturated heterocycles. The smallest absolute Gasteiger partial charge is 0.293 e. The third-order valence-corrected chi connectivity index (χ3v) is 4.44. The van der Waals surface area contributed by atoms with Crippen molar-refractivity contribution in [3.8, 4) is 0 Å². The number of anilines is 1. The van der Waals surface area contributed by atoms with Gasteiger partial charge in [-0.15, -0.1) is 0 Å². The van der Waals surface area contributed by atoms with Crippen LogP contribution in [0.5, 0.6) is 0 Å². The molecule has 0 amide bonds. The molecule has 1 aliphatic heterocycles. The summed E-state index contributed by atoms with van der Waals surface area (Å²) in [6.45, 7) is 6.61. The highest BCUT2D eigenvalue weighted by Crippen LogP contribution is 2.33. The molecule has 21 heavy (non-hydrogen) atoms. The topological polar surface area (TPSA) is 50.2 Å². The minimum Gasteiger partial charge on any atom is -0.365 e. The average Bonchev–Trinajstić information content (AvgIpc) is 3.32. The van der Waals surface area contributed by atoms with Crippen LogP contribution in [0.4, 0.5) is 5.82 Å². The number of nitrogens with one attached hydrogen (secondary N) is 1. The molecule has 1 N–H and O–H groups in total. The maximum atomic E-state index is 12.3. The van der Waals surface area contributed by atoms with Gasteiger partial charge < -0.3 is 14.8 Å². The summed E-state index contributed by atoms with van der Waals surface area (Å²) in [5, 5.41) is 3.25. The first-order chi connectivity index (χ1) is 10.2. The van der Waals surface area contributed by atoms with E-state index in [4.69, 9.17) is 0 Å². The van der Waals surface area contributed by atoms with Crippen molar-refractivity contribution in [3.63, 3.8) is 0 Å². The van der Waals surface area contributed by atoms with Crippen molar-refractivity contribution in [2.24, 2.45) is 5.92 Å². The summed E-state index contributed by atoms with van der Waals surface area (Å²) in [6.07, 6.45) is 9.81. The van der Waals surface area contributed by atoms with Crippen LogP contribution in [0.2, 0.25) is 0 Å². The monoisotopic (exact) mass is 290 g/mol. The van der Waals surface area contributed by atoms with Crippen LogP contribution in [0.25, 0.3) is 0 Å². The van der Waals surface area contributed by atoms with Crippen LogP contribution in [-0.4, -0.2) is 40.6 Å². The predicted octanol–water partition coefficient (Wildman–Crippen LogP) is 2.11. The molecule has 5 nitrogen and oxygen atoms in total. The Hall–Kier alpha value is -1.36. The first-order valence-electron chi connectivity index (χ1n) is 8.27. The second-order valence-corrected chi connectivity index (χ2v) is 6.57. The number of piperidine rings is 1. The summed E-state index contributed by atoms with van der Waals surface area (Å²) < 4.78 is 1.82. The summed E-state index contributed by atoms with van der Waals surface area (Å²) in [5.74, 6) is 1.04. The molecule has 0 aromatic carbocycles. The Morgan fingerprint density at radius 3 is 2.81 bits per heavy atom. The molecule has 1 atom stereocenters. The lowest BCUT2D eigenvalue weighted by molar-refractivity contribution is 0.204. The van der Waals surface area contributed by atoms with Crippen LogP contribution in [0.3, 0.4) is 0 Å². The SMILES string of the molecule is CC(CNc1nccn(C2CC2)c1=O)CN1CCCCC1. The second-order valence-electron chi connectivity index (χ2n) is 6.57. The minimum atomic E-state index is 0.0326. The molecule has 1 saturated carbocycles. The maximum Gasteiger partial charge on any atom is 0.293 e. The zero-order valence-electron chi connectivity index (χ0n) is 12.9. The summed E-state index contributed by atoms with van der Waals surface area (Å²) in [4.78, 5) is 19.0. The largest absolute Gasteiger partial charge is 0.365 e. The molecule has 0 spiro atoms. The van der Waals surface area contributed by atoms with E-state index in [0.29, 0.717) is 17.8 Å². The number of aromatic nitrogens is 2. The molecular weight excluding hydrogens is 264 g/mol. The van der Waals surface area contributed by atoms with Crippen molar-refractivity contribution in [1.29, 1.82) is 0 Å². The first-order valence-corrected chi connectivity index (χ1v) is 8.27. The third-order valence-electron chi connectivity index (χ3n) is 4.44. The van der Waals surface area contributed by atoms with Gasteiger partial charge in [-0.3, -0.25) is 4.79 Å². The van der Waals surface area contributed by atoms with Gasteiger partial charge >= 0.3 is 0 Å². The summed E-state index contributed by atoms with van der Waals surface area (Å²) in [7, 11) is 0. The lowest BCUT2D eigenvalue weighted by Crippen LogP contribution is -2.36. The van der Waals surface area contributed by atoms with E-state index in [1.807, 2.05) is 10.8 Å². The van der Waals surface area contributed by atoms with Crippen LogP contribution in [0.15, 0.2) is 17.2 Å². The van der Waals surface area contributed by atoms with Crippen molar-refractivity contribution in [1.82, 2.24) is 14.5 Å².